The van der Waals surface area contributed by atoms with Gasteiger partial charge in [-0.3, -0.25) is 9.59 Å². The average Bonchev–Trinajstić information content (AvgIpc) is 2.67. The fraction of sp³-hybridized carbons (Fsp3) is 0.286. The molecule has 0 fully saturated rings. The number of carbonyl (C=O) groups excluding carboxylic acids is 2. The van der Waals surface area contributed by atoms with Crippen LogP contribution in [0.2, 0.25) is 0 Å². The molecule has 0 unspecified atom stereocenters. The Balaban J connectivity index is 2.09. The zero-order valence-electron chi connectivity index (χ0n) is 15.2. The first-order chi connectivity index (χ1) is 12.6. The topological polar surface area (TPSA) is 73.2 Å². The molecule has 2 rings (SSSR count). The summed E-state index contributed by atoms with van der Waals surface area (Å²) in [6, 6.07) is 15.4. The first-order valence-electron chi connectivity index (χ1n) is 8.79. The smallest absolute Gasteiger partial charge is 0.255 e. The zero-order chi connectivity index (χ0) is 18.9. The van der Waals surface area contributed by atoms with Gasteiger partial charge < -0.3 is 10.2 Å². The van der Waals surface area contributed by atoms with E-state index in [0.29, 0.717) is 22.4 Å². The third-order valence-corrected chi connectivity index (χ3v) is 3.92. The van der Waals surface area contributed by atoms with Crippen LogP contribution in [0.25, 0.3) is 0 Å². The van der Waals surface area contributed by atoms with Crippen LogP contribution in [0.15, 0.2) is 48.5 Å². The quantitative estimate of drug-likeness (QED) is 0.819. The van der Waals surface area contributed by atoms with Gasteiger partial charge in [-0.1, -0.05) is 19.9 Å². The van der Waals surface area contributed by atoms with Crippen LogP contribution in [0.3, 0.4) is 0 Å². The number of nitrogens with zero attached hydrogens (tertiary/aromatic N) is 2. The van der Waals surface area contributed by atoms with E-state index in [9.17, 15) is 9.59 Å². The molecule has 2 aromatic rings. The number of carbonyl (C=O) groups is 2. The lowest BCUT2D eigenvalue weighted by atomic mass is 10.1. The predicted octanol–water partition coefficient (Wildman–Crippen LogP) is 4.07. The fourth-order valence-electron chi connectivity index (χ4n) is 2.67. The fourth-order valence-corrected chi connectivity index (χ4v) is 2.67. The molecule has 5 heteroatoms. The Hall–Kier alpha value is -3.13. The maximum absolute atomic E-state index is 12.6. The summed E-state index contributed by atoms with van der Waals surface area (Å²) in [6.07, 6.45) is 1.82. The summed E-state index contributed by atoms with van der Waals surface area (Å²) in [5.74, 6) is -0.291. The van der Waals surface area contributed by atoms with Gasteiger partial charge in [-0.25, -0.2) is 0 Å². The molecule has 0 aliphatic heterocycles. The summed E-state index contributed by atoms with van der Waals surface area (Å²) in [5.41, 5.74) is 2.08. The summed E-state index contributed by atoms with van der Waals surface area (Å²) in [7, 11) is 0. The molecule has 0 aliphatic rings. The molecule has 1 N–H and O–H groups in total. The van der Waals surface area contributed by atoms with Crippen LogP contribution in [-0.2, 0) is 0 Å². The molecule has 2 aromatic carbocycles. The highest BCUT2D eigenvalue weighted by atomic mass is 16.2. The average molecular weight is 349 g/mol. The van der Waals surface area contributed by atoms with Crippen LogP contribution < -0.4 is 5.32 Å². The van der Waals surface area contributed by atoms with Gasteiger partial charge in [0.2, 0.25) is 0 Å². The largest absolute Gasteiger partial charge is 0.339 e. The van der Waals surface area contributed by atoms with Gasteiger partial charge in [-0.05, 0) is 55.3 Å². The summed E-state index contributed by atoms with van der Waals surface area (Å²) < 4.78 is 0. The molecule has 0 aliphatic carbocycles. The van der Waals surface area contributed by atoms with Crippen LogP contribution in [0.5, 0.6) is 0 Å². The second-order valence-electron chi connectivity index (χ2n) is 6.02. The van der Waals surface area contributed by atoms with Crippen molar-refractivity contribution in [3.8, 4) is 6.07 Å². The minimum Gasteiger partial charge on any atom is -0.339 e. The minimum absolute atomic E-state index is 0.0117. The third kappa shape index (κ3) is 4.93. The van der Waals surface area contributed by atoms with Gasteiger partial charge in [0.25, 0.3) is 11.8 Å². The zero-order valence-corrected chi connectivity index (χ0v) is 15.2. The predicted molar refractivity (Wildman–Crippen MR) is 102 cm³/mol. The minimum atomic E-state index is -0.280. The van der Waals surface area contributed by atoms with Gasteiger partial charge in [-0.15, -0.1) is 0 Å². The highest BCUT2D eigenvalue weighted by Crippen LogP contribution is 2.13. The van der Waals surface area contributed by atoms with E-state index in [1.54, 1.807) is 48.5 Å². The number of nitriles is 1. The Kier molecular flexibility index (Phi) is 6.92. The maximum atomic E-state index is 12.6. The number of rotatable bonds is 7. The Morgan fingerprint density at radius 2 is 1.62 bits per heavy atom. The molecule has 134 valence electrons. The molecule has 0 atom stereocenters. The van der Waals surface area contributed by atoms with Gasteiger partial charge in [0.1, 0.15) is 0 Å². The second-order valence-corrected chi connectivity index (χ2v) is 6.02. The Morgan fingerprint density at radius 3 is 2.19 bits per heavy atom. The SMILES string of the molecule is CCCN(CCC)C(=O)c1ccc(C(=O)Nc2cccc(C#N)c2)cc1. The number of nitrogens with one attached hydrogen (secondary N) is 1. The van der Waals surface area contributed by atoms with Crippen molar-refractivity contribution in [1.82, 2.24) is 4.90 Å². The lowest BCUT2D eigenvalue weighted by molar-refractivity contribution is 0.0755. The van der Waals surface area contributed by atoms with Gasteiger partial charge >= 0.3 is 0 Å². The van der Waals surface area contributed by atoms with Crippen molar-refractivity contribution in [2.24, 2.45) is 0 Å². The molecule has 0 spiro atoms. The van der Waals surface area contributed by atoms with Crippen molar-refractivity contribution in [2.75, 3.05) is 18.4 Å². The van der Waals surface area contributed by atoms with Crippen molar-refractivity contribution in [2.45, 2.75) is 26.7 Å². The van der Waals surface area contributed by atoms with Crippen LogP contribution >= 0.6 is 0 Å². The summed E-state index contributed by atoms with van der Waals surface area (Å²) in [6.45, 7) is 5.55. The van der Waals surface area contributed by atoms with Crippen LogP contribution in [0.4, 0.5) is 5.69 Å². The molecular formula is C21H23N3O2. The van der Waals surface area contributed by atoms with Crippen molar-refractivity contribution in [3.05, 3.63) is 65.2 Å². The number of anilines is 1. The Bertz CT molecular complexity index is 801. The monoisotopic (exact) mass is 349 g/mol. The van der Waals surface area contributed by atoms with Crippen LogP contribution in [0.1, 0.15) is 53.0 Å². The standard InChI is InChI=1S/C21H23N3O2/c1-3-12-24(13-4-2)21(26)18-10-8-17(9-11-18)20(25)23-19-7-5-6-16(14-19)15-22/h5-11,14H,3-4,12-13H2,1-2H3,(H,23,25). The third-order valence-electron chi connectivity index (χ3n) is 3.92. The van der Waals surface area contributed by atoms with E-state index in [4.69, 9.17) is 5.26 Å². The summed E-state index contributed by atoms with van der Waals surface area (Å²) >= 11 is 0. The van der Waals surface area contributed by atoms with Crippen molar-refractivity contribution in [1.29, 1.82) is 5.26 Å². The number of hydrogen-bond donors (Lipinski definition) is 1. The molecule has 5 nitrogen and oxygen atoms in total. The van der Waals surface area contributed by atoms with E-state index in [2.05, 4.69) is 5.32 Å². The molecule has 2 amide bonds. The first-order valence-corrected chi connectivity index (χ1v) is 8.79. The molecular weight excluding hydrogens is 326 g/mol. The number of hydrogen-bond acceptors (Lipinski definition) is 3. The maximum Gasteiger partial charge on any atom is 0.255 e. The lowest BCUT2D eigenvalue weighted by Gasteiger charge is -2.21. The van der Waals surface area contributed by atoms with Crippen molar-refractivity contribution < 1.29 is 9.59 Å². The van der Waals surface area contributed by atoms with Crippen molar-refractivity contribution in [3.63, 3.8) is 0 Å². The van der Waals surface area contributed by atoms with E-state index in [1.165, 1.54) is 0 Å². The highest BCUT2D eigenvalue weighted by molar-refractivity contribution is 6.05. The van der Waals surface area contributed by atoms with E-state index in [0.717, 1.165) is 25.9 Å². The highest BCUT2D eigenvalue weighted by Gasteiger charge is 2.15. The van der Waals surface area contributed by atoms with E-state index in [1.807, 2.05) is 24.8 Å². The normalized spacial score (nSPS) is 10.0. The molecule has 0 aromatic heterocycles. The lowest BCUT2D eigenvalue weighted by Crippen LogP contribution is -2.32. The second kappa shape index (κ2) is 9.38. The Labute approximate surface area is 154 Å². The van der Waals surface area contributed by atoms with Crippen LogP contribution in [0, 0.1) is 11.3 Å². The molecule has 0 saturated heterocycles. The first kappa shape index (κ1) is 19.2. The summed E-state index contributed by atoms with van der Waals surface area (Å²) in [4.78, 5) is 26.7. The van der Waals surface area contributed by atoms with Gasteiger partial charge in [0.15, 0.2) is 0 Å². The van der Waals surface area contributed by atoms with E-state index < -0.39 is 0 Å². The molecule has 0 bridgehead atoms. The number of amides is 2. The molecule has 0 radical (unpaired) electrons. The number of benzene rings is 2. The van der Waals surface area contributed by atoms with E-state index >= 15 is 0 Å². The molecule has 0 heterocycles. The summed E-state index contributed by atoms with van der Waals surface area (Å²) in [5, 5.41) is 11.7. The van der Waals surface area contributed by atoms with Crippen molar-refractivity contribution >= 4 is 17.5 Å². The molecule has 26 heavy (non-hydrogen) atoms. The molecule has 0 saturated carbocycles. The van der Waals surface area contributed by atoms with Crippen LogP contribution in [-0.4, -0.2) is 29.8 Å². The van der Waals surface area contributed by atoms with Gasteiger partial charge in [-0.2, -0.15) is 5.26 Å². The van der Waals surface area contributed by atoms with Gasteiger partial charge in [0.05, 0.1) is 11.6 Å². The van der Waals surface area contributed by atoms with Gasteiger partial charge in [0, 0.05) is 29.9 Å². The van der Waals surface area contributed by atoms with E-state index in [-0.39, 0.29) is 11.8 Å². The Morgan fingerprint density at radius 1 is 1.00 bits per heavy atom.